The molecule has 2 rings (SSSR count). The summed E-state index contributed by atoms with van der Waals surface area (Å²) in [4.78, 5) is 19.0. The zero-order valence-corrected chi connectivity index (χ0v) is 9.37. The Morgan fingerprint density at radius 1 is 1.41 bits per heavy atom. The standard InChI is InChI=1S/C11H12N4O2/c1-2-4-8-7-9(10(16)17)14-15(8)11-12-5-3-6-13-11/h3,5-7H,2,4H2,1H3,(H,16,17). The highest BCUT2D eigenvalue weighted by Gasteiger charge is 2.14. The Balaban J connectivity index is 2.48. The monoisotopic (exact) mass is 232 g/mol. The molecule has 0 radical (unpaired) electrons. The van der Waals surface area contributed by atoms with Gasteiger partial charge in [-0.2, -0.15) is 5.10 Å². The fourth-order valence-electron chi connectivity index (χ4n) is 1.53. The van der Waals surface area contributed by atoms with Gasteiger partial charge in [0.05, 0.1) is 0 Å². The fourth-order valence-corrected chi connectivity index (χ4v) is 1.53. The van der Waals surface area contributed by atoms with E-state index < -0.39 is 5.97 Å². The van der Waals surface area contributed by atoms with Gasteiger partial charge in [-0.25, -0.2) is 19.4 Å². The molecule has 2 aromatic heterocycles. The molecule has 0 saturated heterocycles. The number of hydrogen-bond donors (Lipinski definition) is 1. The molecule has 2 aromatic rings. The quantitative estimate of drug-likeness (QED) is 0.859. The Bertz CT molecular complexity index is 522. The molecule has 88 valence electrons. The molecule has 6 heteroatoms. The van der Waals surface area contributed by atoms with Crippen molar-refractivity contribution in [1.29, 1.82) is 0 Å². The molecular weight excluding hydrogens is 220 g/mol. The molecule has 0 aliphatic rings. The maximum absolute atomic E-state index is 10.9. The first-order valence-electron chi connectivity index (χ1n) is 5.32. The number of rotatable bonds is 4. The van der Waals surface area contributed by atoms with Crippen molar-refractivity contribution in [1.82, 2.24) is 19.7 Å². The van der Waals surface area contributed by atoms with Gasteiger partial charge in [-0.3, -0.25) is 0 Å². The van der Waals surface area contributed by atoms with E-state index in [-0.39, 0.29) is 5.69 Å². The first kappa shape index (κ1) is 11.3. The number of aromatic nitrogens is 4. The molecule has 1 N–H and O–H groups in total. The van der Waals surface area contributed by atoms with Crippen LogP contribution in [-0.4, -0.2) is 30.8 Å². The highest BCUT2D eigenvalue weighted by atomic mass is 16.4. The van der Waals surface area contributed by atoms with Crippen LogP contribution < -0.4 is 0 Å². The summed E-state index contributed by atoms with van der Waals surface area (Å²) in [6, 6.07) is 3.26. The number of aryl methyl sites for hydroxylation is 1. The Kier molecular flexibility index (Phi) is 3.13. The topological polar surface area (TPSA) is 80.9 Å². The van der Waals surface area contributed by atoms with E-state index in [0.717, 1.165) is 18.5 Å². The molecule has 0 bridgehead atoms. The summed E-state index contributed by atoms with van der Waals surface area (Å²) in [5.74, 6) is -0.652. The lowest BCUT2D eigenvalue weighted by atomic mass is 10.2. The minimum atomic E-state index is -1.04. The third-order valence-corrected chi connectivity index (χ3v) is 2.25. The first-order valence-corrected chi connectivity index (χ1v) is 5.32. The van der Waals surface area contributed by atoms with E-state index in [0.29, 0.717) is 5.95 Å². The van der Waals surface area contributed by atoms with Crippen LogP contribution in [0.3, 0.4) is 0 Å². The van der Waals surface area contributed by atoms with Gasteiger partial charge in [0, 0.05) is 18.1 Å². The van der Waals surface area contributed by atoms with Gasteiger partial charge < -0.3 is 5.11 Å². The van der Waals surface area contributed by atoms with Gasteiger partial charge in [0.25, 0.3) is 5.95 Å². The number of aromatic carboxylic acids is 1. The highest BCUT2D eigenvalue weighted by molar-refractivity contribution is 5.85. The average Bonchev–Trinajstić information content (AvgIpc) is 2.75. The maximum atomic E-state index is 10.9. The average molecular weight is 232 g/mol. The largest absolute Gasteiger partial charge is 0.476 e. The Morgan fingerprint density at radius 3 is 2.71 bits per heavy atom. The Hall–Kier alpha value is -2.24. The fraction of sp³-hybridized carbons (Fsp3) is 0.273. The SMILES string of the molecule is CCCc1cc(C(=O)O)nn1-c1ncccn1. The van der Waals surface area contributed by atoms with E-state index in [1.807, 2.05) is 6.92 Å². The van der Waals surface area contributed by atoms with E-state index in [1.54, 1.807) is 24.5 Å². The molecule has 0 amide bonds. The van der Waals surface area contributed by atoms with Gasteiger partial charge in [0.1, 0.15) is 0 Å². The maximum Gasteiger partial charge on any atom is 0.356 e. The second-order valence-corrected chi connectivity index (χ2v) is 3.54. The van der Waals surface area contributed by atoms with Crippen LogP contribution in [0.25, 0.3) is 5.95 Å². The molecule has 0 atom stereocenters. The van der Waals surface area contributed by atoms with Crippen molar-refractivity contribution in [3.05, 3.63) is 35.9 Å². The molecule has 6 nitrogen and oxygen atoms in total. The van der Waals surface area contributed by atoms with E-state index >= 15 is 0 Å². The second-order valence-electron chi connectivity index (χ2n) is 3.54. The van der Waals surface area contributed by atoms with Crippen LogP contribution in [0.1, 0.15) is 29.5 Å². The van der Waals surface area contributed by atoms with Gasteiger partial charge in [0.2, 0.25) is 0 Å². The molecule has 2 heterocycles. The summed E-state index contributed by atoms with van der Waals surface area (Å²) < 4.78 is 1.48. The van der Waals surface area contributed by atoms with Crippen LogP contribution in [0, 0.1) is 0 Å². The Labute approximate surface area is 98.0 Å². The van der Waals surface area contributed by atoms with E-state index in [2.05, 4.69) is 15.1 Å². The summed E-state index contributed by atoms with van der Waals surface area (Å²) in [5, 5.41) is 12.9. The smallest absolute Gasteiger partial charge is 0.356 e. The van der Waals surface area contributed by atoms with Crippen molar-refractivity contribution in [2.24, 2.45) is 0 Å². The summed E-state index contributed by atoms with van der Waals surface area (Å²) in [6.07, 6.45) is 4.83. The number of carboxylic acid groups (broad SMARTS) is 1. The van der Waals surface area contributed by atoms with Crippen molar-refractivity contribution < 1.29 is 9.90 Å². The molecule has 0 spiro atoms. The summed E-state index contributed by atoms with van der Waals surface area (Å²) in [5.41, 5.74) is 0.817. The van der Waals surface area contributed by atoms with Gasteiger partial charge in [-0.15, -0.1) is 0 Å². The van der Waals surface area contributed by atoms with Crippen LogP contribution in [0.2, 0.25) is 0 Å². The third-order valence-electron chi connectivity index (χ3n) is 2.25. The van der Waals surface area contributed by atoms with Crippen LogP contribution in [0.5, 0.6) is 0 Å². The molecule has 0 aromatic carbocycles. The van der Waals surface area contributed by atoms with Crippen molar-refractivity contribution in [2.75, 3.05) is 0 Å². The molecule has 0 aliphatic heterocycles. The van der Waals surface area contributed by atoms with Crippen LogP contribution in [0.15, 0.2) is 24.5 Å². The van der Waals surface area contributed by atoms with Gasteiger partial charge in [-0.1, -0.05) is 13.3 Å². The van der Waals surface area contributed by atoms with Crippen LogP contribution in [0.4, 0.5) is 0 Å². The van der Waals surface area contributed by atoms with Crippen molar-refractivity contribution in [2.45, 2.75) is 19.8 Å². The molecule has 0 aliphatic carbocycles. The summed E-state index contributed by atoms with van der Waals surface area (Å²) in [6.45, 7) is 2.02. The Morgan fingerprint density at radius 2 is 2.12 bits per heavy atom. The first-order chi connectivity index (χ1) is 8.22. The summed E-state index contributed by atoms with van der Waals surface area (Å²) >= 11 is 0. The van der Waals surface area contributed by atoms with E-state index in [4.69, 9.17) is 5.11 Å². The number of nitrogens with zero attached hydrogens (tertiary/aromatic N) is 4. The molecular formula is C11H12N4O2. The molecule has 0 fully saturated rings. The molecule has 0 saturated carbocycles. The van der Waals surface area contributed by atoms with Crippen molar-refractivity contribution in [3.8, 4) is 5.95 Å². The predicted molar refractivity (Wildman–Crippen MR) is 60.1 cm³/mol. The minimum Gasteiger partial charge on any atom is -0.476 e. The van der Waals surface area contributed by atoms with Gasteiger partial charge in [0.15, 0.2) is 5.69 Å². The normalized spacial score (nSPS) is 10.4. The van der Waals surface area contributed by atoms with Gasteiger partial charge in [-0.05, 0) is 18.6 Å². The number of carbonyl (C=O) groups is 1. The minimum absolute atomic E-state index is 0.0147. The van der Waals surface area contributed by atoms with Crippen LogP contribution >= 0.6 is 0 Å². The van der Waals surface area contributed by atoms with Crippen molar-refractivity contribution in [3.63, 3.8) is 0 Å². The lowest BCUT2D eigenvalue weighted by molar-refractivity contribution is 0.0690. The number of hydrogen-bond acceptors (Lipinski definition) is 4. The van der Waals surface area contributed by atoms with E-state index in [9.17, 15) is 4.79 Å². The lowest BCUT2D eigenvalue weighted by Gasteiger charge is -2.02. The van der Waals surface area contributed by atoms with Crippen molar-refractivity contribution >= 4 is 5.97 Å². The second kappa shape index (κ2) is 4.73. The zero-order chi connectivity index (χ0) is 12.3. The predicted octanol–water partition coefficient (Wildman–Crippen LogP) is 1.31. The summed E-state index contributed by atoms with van der Waals surface area (Å²) in [7, 11) is 0. The molecule has 0 unspecified atom stereocenters. The number of carboxylic acids is 1. The highest BCUT2D eigenvalue weighted by Crippen LogP contribution is 2.11. The van der Waals surface area contributed by atoms with Gasteiger partial charge >= 0.3 is 5.97 Å². The lowest BCUT2D eigenvalue weighted by Crippen LogP contribution is -2.07. The van der Waals surface area contributed by atoms with E-state index in [1.165, 1.54) is 4.68 Å². The van der Waals surface area contributed by atoms with Crippen LogP contribution in [-0.2, 0) is 6.42 Å². The third kappa shape index (κ3) is 2.30. The zero-order valence-electron chi connectivity index (χ0n) is 9.37. The molecule has 17 heavy (non-hydrogen) atoms.